The summed E-state index contributed by atoms with van der Waals surface area (Å²) < 4.78 is 17.2. The van der Waals surface area contributed by atoms with Crippen LogP contribution in [0.4, 0.5) is 11.4 Å². The molecule has 8 rings (SSSR count). The molecule has 2 saturated carbocycles. The summed E-state index contributed by atoms with van der Waals surface area (Å²) >= 11 is 12.0. The van der Waals surface area contributed by atoms with E-state index in [1.807, 2.05) is 67.6 Å². The number of pyridine rings is 3. The first-order valence-corrected chi connectivity index (χ1v) is 18.7. The molecule has 0 atom stereocenters. The maximum absolute atomic E-state index is 12.5. The Morgan fingerprint density at radius 1 is 0.673 bits per heavy atom. The van der Waals surface area contributed by atoms with Gasteiger partial charge in [0.25, 0.3) is 11.8 Å². The average Bonchev–Trinajstić information content (AvgIpc) is 3.59. The number of anilines is 2. The van der Waals surface area contributed by atoms with Crippen LogP contribution in [0.3, 0.4) is 0 Å². The van der Waals surface area contributed by atoms with Gasteiger partial charge >= 0.3 is 0 Å². The van der Waals surface area contributed by atoms with Crippen LogP contribution in [0.5, 0.6) is 11.8 Å². The zero-order valence-electron chi connectivity index (χ0n) is 30.2. The van der Waals surface area contributed by atoms with Gasteiger partial charge in [-0.15, -0.1) is 0 Å². The highest BCUT2D eigenvalue weighted by atomic mass is 35.5. The molecule has 0 bridgehead atoms. The van der Waals surface area contributed by atoms with Crippen LogP contribution in [0.15, 0.2) is 102 Å². The normalized spacial score (nSPS) is 13.7. The molecular formula is C42H38Cl2N6O5. The average molecular weight is 778 g/mol. The van der Waals surface area contributed by atoms with Crippen LogP contribution in [0.1, 0.15) is 70.7 Å². The van der Waals surface area contributed by atoms with E-state index in [-0.39, 0.29) is 29.7 Å². The molecule has 6 aromatic rings. The maximum atomic E-state index is 12.5. The second-order valence-corrected chi connectivity index (χ2v) is 14.3. The van der Waals surface area contributed by atoms with Crippen molar-refractivity contribution in [3.63, 3.8) is 0 Å². The number of hydrogen-bond acceptors (Lipinski definition) is 9. The first-order chi connectivity index (χ1) is 26.7. The van der Waals surface area contributed by atoms with Crippen LogP contribution in [0, 0.1) is 13.8 Å². The molecule has 2 aliphatic carbocycles. The Labute approximate surface area is 328 Å². The first kappa shape index (κ1) is 37.5. The highest BCUT2D eigenvalue weighted by Gasteiger charge is 2.24. The van der Waals surface area contributed by atoms with E-state index in [9.17, 15) is 9.59 Å². The van der Waals surface area contributed by atoms with Crippen molar-refractivity contribution in [2.75, 3.05) is 10.6 Å². The van der Waals surface area contributed by atoms with Gasteiger partial charge in [0.1, 0.15) is 18.0 Å². The largest absolute Gasteiger partial charge is 0.474 e. The summed E-state index contributed by atoms with van der Waals surface area (Å²) in [5.41, 5.74) is 6.29. The zero-order valence-corrected chi connectivity index (χ0v) is 31.7. The fraction of sp³-hybridized carbons (Fsp3) is 0.238. The Bertz CT molecular complexity index is 2290. The van der Waals surface area contributed by atoms with E-state index in [2.05, 4.69) is 30.6 Å². The van der Waals surface area contributed by atoms with Crippen LogP contribution >= 0.6 is 23.2 Å². The lowest BCUT2D eigenvalue weighted by Gasteiger charge is -2.27. The standard InChI is InChI=1S/C22H20ClN3O2.C20H18ClN3O3/c1-14-9-16(12-24-11-14)21(27)26-18-10-20(15-5-7-17(23)8-6-15)22(25-13-18)28-19-3-2-4-19;1-12-18(23-11-26-12)19(25)24-15-9-17(13-5-7-14(21)8-6-13)20(22-10-15)27-16-3-2-4-16/h5-13,19H,2-4H2,1H3,(H,26,27);5-11,16H,2-4H2,1H3,(H,24,25). The fourth-order valence-corrected chi connectivity index (χ4v) is 6.04. The van der Waals surface area contributed by atoms with Crippen molar-refractivity contribution >= 4 is 46.4 Å². The van der Waals surface area contributed by atoms with Crippen LogP contribution in [0.25, 0.3) is 22.3 Å². The van der Waals surface area contributed by atoms with E-state index in [1.54, 1.807) is 37.8 Å². The molecule has 0 aliphatic heterocycles. The van der Waals surface area contributed by atoms with Gasteiger partial charge in [0, 0.05) is 33.6 Å². The van der Waals surface area contributed by atoms with Crippen molar-refractivity contribution in [1.82, 2.24) is 19.9 Å². The minimum atomic E-state index is -0.349. The van der Waals surface area contributed by atoms with Crippen LogP contribution < -0.4 is 20.1 Å². The number of aryl methyl sites for hydroxylation is 2. The number of rotatable bonds is 10. The van der Waals surface area contributed by atoms with E-state index in [0.29, 0.717) is 44.5 Å². The molecule has 4 aromatic heterocycles. The Hall–Kier alpha value is -5.78. The number of carbonyl (C=O) groups is 2. The van der Waals surface area contributed by atoms with Crippen LogP contribution in [-0.4, -0.2) is 44.0 Å². The summed E-state index contributed by atoms with van der Waals surface area (Å²) in [5.74, 6) is 1.01. The lowest BCUT2D eigenvalue weighted by atomic mass is 9.96. The summed E-state index contributed by atoms with van der Waals surface area (Å²) in [6.45, 7) is 3.59. The SMILES string of the molecule is Cc1cncc(C(=O)Nc2cnc(OC3CCC3)c(-c3ccc(Cl)cc3)c2)c1.Cc1ocnc1C(=O)Nc1cnc(OC2CCC2)c(-c2ccc(Cl)cc2)c1. The van der Waals surface area contributed by atoms with Gasteiger partial charge in [0.15, 0.2) is 12.1 Å². The smallest absolute Gasteiger partial charge is 0.277 e. The Kier molecular flexibility index (Phi) is 11.7. The topological polar surface area (TPSA) is 141 Å². The highest BCUT2D eigenvalue weighted by molar-refractivity contribution is 6.31. The molecule has 2 aliphatic rings. The molecule has 0 spiro atoms. The van der Waals surface area contributed by atoms with Gasteiger partial charge in [0.05, 0.1) is 29.3 Å². The lowest BCUT2D eigenvalue weighted by molar-refractivity contribution is 0.101. The number of hydrogen-bond donors (Lipinski definition) is 2. The van der Waals surface area contributed by atoms with Gasteiger partial charge in [-0.25, -0.2) is 15.0 Å². The van der Waals surface area contributed by atoms with Crippen molar-refractivity contribution in [1.29, 1.82) is 0 Å². The quantitative estimate of drug-likeness (QED) is 0.139. The molecule has 0 radical (unpaired) electrons. The third-order valence-corrected chi connectivity index (χ3v) is 9.79. The van der Waals surface area contributed by atoms with Crippen molar-refractivity contribution in [3.8, 4) is 34.0 Å². The van der Waals surface area contributed by atoms with E-state index >= 15 is 0 Å². The summed E-state index contributed by atoms with van der Waals surface area (Å²) in [7, 11) is 0. The maximum Gasteiger partial charge on any atom is 0.277 e. The van der Waals surface area contributed by atoms with E-state index in [0.717, 1.165) is 53.5 Å². The molecule has 280 valence electrons. The van der Waals surface area contributed by atoms with Gasteiger partial charge in [-0.1, -0.05) is 47.5 Å². The molecule has 2 N–H and O–H groups in total. The van der Waals surface area contributed by atoms with Crippen molar-refractivity contribution < 1.29 is 23.5 Å². The number of aromatic nitrogens is 4. The molecule has 11 nitrogen and oxygen atoms in total. The second kappa shape index (κ2) is 17.1. The minimum Gasteiger partial charge on any atom is -0.474 e. The van der Waals surface area contributed by atoms with Gasteiger partial charge in [0.2, 0.25) is 11.8 Å². The predicted molar refractivity (Wildman–Crippen MR) is 212 cm³/mol. The third kappa shape index (κ3) is 9.48. The lowest BCUT2D eigenvalue weighted by Crippen LogP contribution is -2.25. The molecule has 2 aromatic carbocycles. The van der Waals surface area contributed by atoms with Crippen molar-refractivity contribution in [2.45, 2.75) is 64.6 Å². The highest BCUT2D eigenvalue weighted by Crippen LogP contribution is 2.36. The van der Waals surface area contributed by atoms with Gasteiger partial charge in [-0.3, -0.25) is 14.6 Å². The predicted octanol–water partition coefficient (Wildman–Crippen LogP) is 10.2. The van der Waals surface area contributed by atoms with Gasteiger partial charge in [-0.05, 0) is 112 Å². The third-order valence-electron chi connectivity index (χ3n) is 9.29. The molecular weight excluding hydrogens is 739 g/mol. The van der Waals surface area contributed by atoms with E-state index in [4.69, 9.17) is 37.1 Å². The van der Waals surface area contributed by atoms with Crippen LogP contribution in [-0.2, 0) is 0 Å². The summed E-state index contributed by atoms with van der Waals surface area (Å²) in [6, 6.07) is 20.4. The fourth-order valence-electron chi connectivity index (χ4n) is 5.79. The molecule has 4 heterocycles. The van der Waals surface area contributed by atoms with Crippen molar-refractivity contribution in [2.24, 2.45) is 0 Å². The number of oxazole rings is 1. The molecule has 55 heavy (non-hydrogen) atoms. The van der Waals surface area contributed by atoms with Crippen molar-refractivity contribution in [3.05, 3.63) is 131 Å². The van der Waals surface area contributed by atoms with Crippen LogP contribution in [0.2, 0.25) is 10.0 Å². The van der Waals surface area contributed by atoms with Gasteiger partial charge < -0.3 is 24.5 Å². The Morgan fingerprint density at radius 3 is 1.62 bits per heavy atom. The number of carbonyl (C=O) groups excluding carboxylic acids is 2. The Balaban J connectivity index is 0.000000169. The summed E-state index contributed by atoms with van der Waals surface area (Å²) in [5, 5.41) is 7.02. The first-order valence-electron chi connectivity index (χ1n) is 18.0. The molecule has 2 fully saturated rings. The number of halogens is 2. The number of nitrogens with one attached hydrogen (secondary N) is 2. The monoisotopic (exact) mass is 776 g/mol. The number of benzene rings is 2. The number of nitrogens with zero attached hydrogens (tertiary/aromatic N) is 4. The summed E-state index contributed by atoms with van der Waals surface area (Å²) in [6.07, 6.45) is 14.6. The molecule has 0 saturated heterocycles. The molecule has 13 heteroatoms. The van der Waals surface area contributed by atoms with Gasteiger partial charge in [-0.2, -0.15) is 0 Å². The molecule has 0 unspecified atom stereocenters. The zero-order chi connectivity index (χ0) is 38.3. The number of amides is 2. The molecule has 2 amide bonds. The summed E-state index contributed by atoms with van der Waals surface area (Å²) in [4.78, 5) is 41.9. The minimum absolute atomic E-state index is 0.196. The Morgan fingerprint density at radius 2 is 1.18 bits per heavy atom. The number of ether oxygens (including phenoxy) is 2. The second-order valence-electron chi connectivity index (χ2n) is 13.4. The van der Waals surface area contributed by atoms with E-state index < -0.39 is 0 Å². The van der Waals surface area contributed by atoms with E-state index in [1.165, 1.54) is 19.2 Å².